The van der Waals surface area contributed by atoms with E-state index in [-0.39, 0.29) is 24.8 Å². The van der Waals surface area contributed by atoms with Gasteiger partial charge in [0.25, 0.3) is 11.8 Å². The number of rotatable bonds is 7. The van der Waals surface area contributed by atoms with Gasteiger partial charge in [-0.05, 0) is 18.1 Å². The van der Waals surface area contributed by atoms with Crippen LogP contribution in [0.2, 0.25) is 0 Å². The minimum Gasteiger partial charge on any atom is -0.395 e. The molecule has 2 N–H and O–H groups in total. The van der Waals surface area contributed by atoms with Crippen molar-refractivity contribution in [3.8, 4) is 0 Å². The Hall–Kier alpha value is -2.67. The number of amides is 3. The van der Waals surface area contributed by atoms with Gasteiger partial charge in [0.05, 0.1) is 13.2 Å². The molecule has 0 fully saturated rings. The van der Waals surface area contributed by atoms with Gasteiger partial charge in [0.1, 0.15) is 5.70 Å². The first kappa shape index (κ1) is 17.7. The normalized spacial score (nSPS) is 14.0. The summed E-state index contributed by atoms with van der Waals surface area (Å²) in [7, 11) is 3.41. The van der Waals surface area contributed by atoms with Crippen LogP contribution in [0.1, 0.15) is 12.0 Å². The number of nitrogens with one attached hydrogen (secondary N) is 1. The van der Waals surface area contributed by atoms with Crippen molar-refractivity contribution in [3.05, 3.63) is 41.6 Å². The van der Waals surface area contributed by atoms with E-state index >= 15 is 0 Å². The van der Waals surface area contributed by atoms with Gasteiger partial charge in [-0.25, -0.2) is 0 Å². The maximum atomic E-state index is 12.2. The number of β-amino-alcohol motifs (C(OH)–C–C–N with tert-alkyl or cyclic N) is 1. The number of aliphatic hydroxyl groups is 1. The number of hydrogen-bond donors (Lipinski definition) is 2. The zero-order valence-electron chi connectivity index (χ0n) is 13.8. The summed E-state index contributed by atoms with van der Waals surface area (Å²) in [6.07, 6.45) is 2.10. The molecule has 1 aliphatic rings. The molecule has 1 aliphatic heterocycles. The lowest BCUT2D eigenvalue weighted by Gasteiger charge is -2.15. The Morgan fingerprint density at radius 3 is 2.62 bits per heavy atom. The van der Waals surface area contributed by atoms with Crippen molar-refractivity contribution < 1.29 is 19.5 Å². The minimum atomic E-state index is -0.465. The summed E-state index contributed by atoms with van der Waals surface area (Å²) in [6.45, 7) is -0.305. The molecule has 0 spiro atoms. The summed E-state index contributed by atoms with van der Waals surface area (Å²) in [6, 6.07) is 7.34. The number of nitrogens with zero attached hydrogens (tertiary/aromatic N) is 2. The number of para-hydroxylation sites is 1. The van der Waals surface area contributed by atoms with E-state index in [2.05, 4.69) is 5.32 Å². The van der Waals surface area contributed by atoms with Crippen molar-refractivity contribution in [2.45, 2.75) is 12.8 Å². The molecule has 7 heteroatoms. The highest BCUT2D eigenvalue weighted by atomic mass is 16.3. The molecule has 1 aromatic rings. The lowest BCUT2D eigenvalue weighted by molar-refractivity contribution is -0.137. The summed E-state index contributed by atoms with van der Waals surface area (Å²) < 4.78 is 0. The smallest absolute Gasteiger partial charge is 0.277 e. The summed E-state index contributed by atoms with van der Waals surface area (Å²) in [5.74, 6) is -0.893. The first-order valence-corrected chi connectivity index (χ1v) is 7.67. The van der Waals surface area contributed by atoms with Crippen molar-refractivity contribution in [2.24, 2.45) is 0 Å². The summed E-state index contributed by atoms with van der Waals surface area (Å²) >= 11 is 0. The first-order chi connectivity index (χ1) is 11.4. The van der Waals surface area contributed by atoms with Gasteiger partial charge in [-0.2, -0.15) is 0 Å². The number of carbonyl (C=O) groups excluding carboxylic acids is 3. The summed E-state index contributed by atoms with van der Waals surface area (Å²) in [5, 5.41) is 11.9. The number of carbonyl (C=O) groups is 3. The fraction of sp³-hybridized carbons (Fsp3) is 0.353. The molecule has 0 radical (unpaired) electrons. The Kier molecular flexibility index (Phi) is 5.70. The molecule has 0 unspecified atom stereocenters. The number of hydrogen-bond acceptors (Lipinski definition) is 5. The fourth-order valence-electron chi connectivity index (χ4n) is 2.38. The zero-order chi connectivity index (χ0) is 17.7. The minimum absolute atomic E-state index is 0.0188. The molecule has 128 valence electrons. The molecule has 1 heterocycles. The Labute approximate surface area is 140 Å². The van der Waals surface area contributed by atoms with E-state index in [1.54, 1.807) is 20.2 Å². The molecule has 0 aliphatic carbocycles. The van der Waals surface area contributed by atoms with E-state index in [4.69, 9.17) is 5.11 Å². The predicted molar refractivity (Wildman–Crippen MR) is 89.0 cm³/mol. The van der Waals surface area contributed by atoms with Crippen LogP contribution in [-0.2, 0) is 20.8 Å². The average molecular weight is 331 g/mol. The topological polar surface area (TPSA) is 90.0 Å². The average Bonchev–Trinajstić information content (AvgIpc) is 2.81. The van der Waals surface area contributed by atoms with Crippen molar-refractivity contribution in [2.75, 3.05) is 32.6 Å². The number of aryl methyl sites for hydroxylation is 1. The number of imide groups is 1. The monoisotopic (exact) mass is 331 g/mol. The third-order valence-electron chi connectivity index (χ3n) is 3.73. The Bertz CT molecular complexity index is 682. The van der Waals surface area contributed by atoms with Gasteiger partial charge in [-0.1, -0.05) is 18.2 Å². The molecule has 3 amide bonds. The number of benzene rings is 1. The van der Waals surface area contributed by atoms with Gasteiger partial charge >= 0.3 is 0 Å². The van der Waals surface area contributed by atoms with E-state index in [9.17, 15) is 14.4 Å². The SMILES string of the molecule is CN(C)C(=O)CCc1ccccc1NC1=CC(=O)N(CCO)C1=O. The fourth-order valence-corrected chi connectivity index (χ4v) is 2.38. The van der Waals surface area contributed by atoms with Crippen LogP contribution in [0, 0.1) is 0 Å². The van der Waals surface area contributed by atoms with Crippen LogP contribution in [0.5, 0.6) is 0 Å². The van der Waals surface area contributed by atoms with Crippen LogP contribution in [0.4, 0.5) is 5.69 Å². The molecule has 1 aromatic carbocycles. The Morgan fingerprint density at radius 2 is 1.96 bits per heavy atom. The maximum Gasteiger partial charge on any atom is 0.277 e. The number of aliphatic hydroxyl groups excluding tert-OH is 1. The second-order valence-corrected chi connectivity index (χ2v) is 5.65. The van der Waals surface area contributed by atoms with Crippen LogP contribution in [0.3, 0.4) is 0 Å². The van der Waals surface area contributed by atoms with Crippen LogP contribution in [0.15, 0.2) is 36.0 Å². The highest BCUT2D eigenvalue weighted by Crippen LogP contribution is 2.22. The van der Waals surface area contributed by atoms with Crippen LogP contribution in [-0.4, -0.2) is 59.9 Å². The van der Waals surface area contributed by atoms with Gasteiger partial charge < -0.3 is 15.3 Å². The highest BCUT2D eigenvalue weighted by molar-refractivity contribution is 6.17. The molecule has 24 heavy (non-hydrogen) atoms. The molecular formula is C17H21N3O4. The van der Waals surface area contributed by atoms with Gasteiger partial charge in [0, 0.05) is 32.3 Å². The van der Waals surface area contributed by atoms with E-state index in [1.807, 2.05) is 18.2 Å². The first-order valence-electron chi connectivity index (χ1n) is 7.67. The molecule has 0 bridgehead atoms. The zero-order valence-corrected chi connectivity index (χ0v) is 13.8. The highest BCUT2D eigenvalue weighted by Gasteiger charge is 2.30. The standard InChI is InChI=1S/C17H21N3O4/c1-19(2)15(22)8-7-12-5-3-4-6-13(12)18-14-11-16(23)20(9-10-21)17(14)24/h3-6,11,18,21H,7-10H2,1-2H3. The Balaban J connectivity index is 2.11. The summed E-state index contributed by atoms with van der Waals surface area (Å²) in [4.78, 5) is 38.2. The van der Waals surface area contributed by atoms with E-state index in [0.29, 0.717) is 18.5 Å². The lowest BCUT2D eigenvalue weighted by Crippen LogP contribution is -2.34. The molecule has 0 saturated carbocycles. The predicted octanol–water partition coefficient (Wildman–Crippen LogP) is 0.364. The van der Waals surface area contributed by atoms with Crippen LogP contribution < -0.4 is 5.32 Å². The molecular weight excluding hydrogens is 310 g/mol. The molecule has 0 aromatic heterocycles. The maximum absolute atomic E-state index is 12.2. The molecule has 0 atom stereocenters. The largest absolute Gasteiger partial charge is 0.395 e. The van der Waals surface area contributed by atoms with Gasteiger partial charge in [-0.3, -0.25) is 19.3 Å². The third kappa shape index (κ3) is 3.99. The van der Waals surface area contributed by atoms with Crippen molar-refractivity contribution in [3.63, 3.8) is 0 Å². The molecule has 7 nitrogen and oxygen atoms in total. The van der Waals surface area contributed by atoms with Crippen LogP contribution >= 0.6 is 0 Å². The van der Waals surface area contributed by atoms with Gasteiger partial charge in [-0.15, -0.1) is 0 Å². The van der Waals surface area contributed by atoms with Gasteiger partial charge in [0.2, 0.25) is 5.91 Å². The van der Waals surface area contributed by atoms with Crippen molar-refractivity contribution in [1.29, 1.82) is 0 Å². The molecule has 0 saturated heterocycles. The second kappa shape index (κ2) is 7.74. The Morgan fingerprint density at radius 1 is 1.25 bits per heavy atom. The number of anilines is 1. The van der Waals surface area contributed by atoms with E-state index in [1.165, 1.54) is 11.0 Å². The molecule has 2 rings (SSSR count). The van der Waals surface area contributed by atoms with Gasteiger partial charge in [0.15, 0.2) is 0 Å². The van der Waals surface area contributed by atoms with E-state index < -0.39 is 11.8 Å². The van der Waals surface area contributed by atoms with E-state index in [0.717, 1.165) is 10.5 Å². The third-order valence-corrected chi connectivity index (χ3v) is 3.73. The summed E-state index contributed by atoms with van der Waals surface area (Å²) in [5.41, 5.74) is 1.73. The van der Waals surface area contributed by atoms with Crippen molar-refractivity contribution >= 4 is 23.4 Å². The quantitative estimate of drug-likeness (QED) is 0.704. The lowest BCUT2D eigenvalue weighted by atomic mass is 10.1. The second-order valence-electron chi connectivity index (χ2n) is 5.65. The van der Waals surface area contributed by atoms with Crippen LogP contribution in [0.25, 0.3) is 0 Å². The van der Waals surface area contributed by atoms with Crippen molar-refractivity contribution in [1.82, 2.24) is 9.80 Å².